The first kappa shape index (κ1) is 12.7. The summed E-state index contributed by atoms with van der Waals surface area (Å²) in [6.07, 6.45) is 2.70. The van der Waals surface area contributed by atoms with Gasteiger partial charge in [-0.1, -0.05) is 18.5 Å². The van der Waals surface area contributed by atoms with Gasteiger partial charge in [0.2, 0.25) is 0 Å². The standard InChI is InChI=1S/C14H20ClNO/c1-12(10-16-8-2-3-9-16)11-17-14-6-4-13(15)5-7-14/h4-7,12H,2-3,8-11H2,1H3. The number of likely N-dealkylation sites (tertiary alicyclic amines) is 1. The van der Waals surface area contributed by atoms with Gasteiger partial charge in [-0.05, 0) is 50.2 Å². The normalized spacial score (nSPS) is 18.2. The summed E-state index contributed by atoms with van der Waals surface area (Å²) in [6.45, 7) is 6.68. The molecule has 0 aliphatic carbocycles. The van der Waals surface area contributed by atoms with Gasteiger partial charge in [0.25, 0.3) is 0 Å². The Morgan fingerprint density at radius 3 is 2.53 bits per heavy atom. The van der Waals surface area contributed by atoms with Crippen molar-refractivity contribution >= 4 is 11.6 Å². The van der Waals surface area contributed by atoms with Crippen molar-refractivity contribution in [3.8, 4) is 5.75 Å². The molecule has 1 atom stereocenters. The van der Waals surface area contributed by atoms with Crippen LogP contribution in [0.4, 0.5) is 0 Å². The summed E-state index contributed by atoms with van der Waals surface area (Å²) in [5, 5.41) is 0.752. The molecule has 0 radical (unpaired) electrons. The lowest BCUT2D eigenvalue weighted by atomic mass is 10.2. The van der Waals surface area contributed by atoms with Crippen LogP contribution in [0.3, 0.4) is 0 Å². The lowest BCUT2D eigenvalue weighted by molar-refractivity contribution is 0.206. The molecule has 1 aliphatic heterocycles. The lowest BCUT2D eigenvalue weighted by Gasteiger charge is -2.20. The number of ether oxygens (including phenoxy) is 1. The van der Waals surface area contributed by atoms with Gasteiger partial charge in [-0.25, -0.2) is 0 Å². The van der Waals surface area contributed by atoms with Gasteiger partial charge in [-0.3, -0.25) is 0 Å². The van der Waals surface area contributed by atoms with Crippen LogP contribution in [0, 0.1) is 5.92 Å². The third-order valence-corrected chi connectivity index (χ3v) is 3.37. The molecule has 3 heteroatoms. The van der Waals surface area contributed by atoms with Crippen molar-refractivity contribution in [2.45, 2.75) is 19.8 Å². The summed E-state index contributed by atoms with van der Waals surface area (Å²) in [6, 6.07) is 7.57. The van der Waals surface area contributed by atoms with E-state index in [0.717, 1.165) is 23.9 Å². The molecule has 17 heavy (non-hydrogen) atoms. The highest BCUT2D eigenvalue weighted by molar-refractivity contribution is 6.30. The van der Waals surface area contributed by atoms with E-state index in [2.05, 4.69) is 11.8 Å². The second-order valence-electron chi connectivity index (χ2n) is 4.88. The van der Waals surface area contributed by atoms with E-state index in [1.807, 2.05) is 24.3 Å². The summed E-state index contributed by atoms with van der Waals surface area (Å²) in [5.74, 6) is 1.48. The second-order valence-corrected chi connectivity index (χ2v) is 5.31. The van der Waals surface area contributed by atoms with E-state index in [9.17, 15) is 0 Å². The van der Waals surface area contributed by atoms with Crippen LogP contribution in [-0.4, -0.2) is 31.1 Å². The van der Waals surface area contributed by atoms with Gasteiger partial charge in [0.05, 0.1) is 6.61 Å². The van der Waals surface area contributed by atoms with Gasteiger partial charge in [0, 0.05) is 17.5 Å². The Bertz CT molecular complexity index is 333. The van der Waals surface area contributed by atoms with Crippen LogP contribution >= 0.6 is 11.6 Å². The van der Waals surface area contributed by atoms with Gasteiger partial charge in [-0.15, -0.1) is 0 Å². The minimum Gasteiger partial charge on any atom is -0.493 e. The predicted octanol–water partition coefficient (Wildman–Crippen LogP) is 3.45. The summed E-state index contributed by atoms with van der Waals surface area (Å²) in [7, 11) is 0. The molecule has 1 heterocycles. The van der Waals surface area contributed by atoms with Gasteiger partial charge in [0.1, 0.15) is 5.75 Å². The van der Waals surface area contributed by atoms with Gasteiger partial charge in [0.15, 0.2) is 0 Å². The molecule has 0 saturated carbocycles. The van der Waals surface area contributed by atoms with Crippen molar-refractivity contribution in [1.29, 1.82) is 0 Å². The van der Waals surface area contributed by atoms with Gasteiger partial charge >= 0.3 is 0 Å². The van der Waals surface area contributed by atoms with Crippen molar-refractivity contribution in [1.82, 2.24) is 4.90 Å². The average Bonchev–Trinajstić information content (AvgIpc) is 2.81. The van der Waals surface area contributed by atoms with Crippen LogP contribution in [0.5, 0.6) is 5.75 Å². The van der Waals surface area contributed by atoms with Crippen molar-refractivity contribution in [3.05, 3.63) is 29.3 Å². The second kappa shape index (κ2) is 6.27. The van der Waals surface area contributed by atoms with E-state index < -0.39 is 0 Å². The molecule has 1 fully saturated rings. The predicted molar refractivity (Wildman–Crippen MR) is 71.8 cm³/mol. The molecule has 94 valence electrons. The first-order valence-corrected chi connectivity index (χ1v) is 6.72. The maximum atomic E-state index is 5.83. The highest BCUT2D eigenvalue weighted by Gasteiger charge is 2.14. The Balaban J connectivity index is 1.71. The molecule has 0 N–H and O–H groups in total. The average molecular weight is 254 g/mol. The van der Waals surface area contributed by atoms with Crippen molar-refractivity contribution in [2.24, 2.45) is 5.92 Å². The summed E-state index contributed by atoms with van der Waals surface area (Å²) in [4.78, 5) is 2.52. The third kappa shape index (κ3) is 4.21. The maximum Gasteiger partial charge on any atom is 0.119 e. The topological polar surface area (TPSA) is 12.5 Å². The smallest absolute Gasteiger partial charge is 0.119 e. The first-order chi connectivity index (χ1) is 8.24. The Hall–Kier alpha value is -0.730. The summed E-state index contributed by atoms with van der Waals surface area (Å²) >= 11 is 5.83. The van der Waals surface area contributed by atoms with E-state index in [-0.39, 0.29) is 0 Å². The van der Waals surface area contributed by atoms with Crippen LogP contribution in [0.2, 0.25) is 5.02 Å². The molecule has 1 unspecified atom stereocenters. The first-order valence-electron chi connectivity index (χ1n) is 6.35. The molecule has 1 aromatic rings. The van der Waals surface area contributed by atoms with Crippen LogP contribution in [0.15, 0.2) is 24.3 Å². The fourth-order valence-electron chi connectivity index (χ4n) is 2.23. The zero-order chi connectivity index (χ0) is 12.1. The monoisotopic (exact) mass is 253 g/mol. The number of halogens is 1. The quantitative estimate of drug-likeness (QED) is 0.797. The summed E-state index contributed by atoms with van der Waals surface area (Å²) < 4.78 is 5.75. The van der Waals surface area contributed by atoms with E-state index in [1.165, 1.54) is 25.9 Å². The molecule has 0 bridgehead atoms. The fourth-order valence-corrected chi connectivity index (χ4v) is 2.35. The Morgan fingerprint density at radius 1 is 1.24 bits per heavy atom. The van der Waals surface area contributed by atoms with Gasteiger partial charge in [-0.2, -0.15) is 0 Å². The number of benzene rings is 1. The molecular weight excluding hydrogens is 234 g/mol. The number of nitrogens with zero attached hydrogens (tertiary/aromatic N) is 1. The molecule has 2 rings (SSSR count). The van der Waals surface area contributed by atoms with Crippen LogP contribution in [0.25, 0.3) is 0 Å². The maximum absolute atomic E-state index is 5.83. The third-order valence-electron chi connectivity index (χ3n) is 3.12. The minimum absolute atomic E-state index is 0.573. The number of hydrogen-bond acceptors (Lipinski definition) is 2. The summed E-state index contributed by atoms with van der Waals surface area (Å²) in [5.41, 5.74) is 0. The Labute approximate surface area is 109 Å². The minimum atomic E-state index is 0.573. The van der Waals surface area contributed by atoms with E-state index in [0.29, 0.717) is 5.92 Å². The van der Waals surface area contributed by atoms with Crippen molar-refractivity contribution < 1.29 is 4.74 Å². The Morgan fingerprint density at radius 2 is 1.88 bits per heavy atom. The van der Waals surface area contributed by atoms with Crippen molar-refractivity contribution in [2.75, 3.05) is 26.2 Å². The fraction of sp³-hybridized carbons (Fsp3) is 0.571. The SMILES string of the molecule is CC(COc1ccc(Cl)cc1)CN1CCCC1. The zero-order valence-electron chi connectivity index (χ0n) is 10.4. The van der Waals surface area contributed by atoms with E-state index in [4.69, 9.17) is 16.3 Å². The molecule has 1 saturated heterocycles. The van der Waals surface area contributed by atoms with Gasteiger partial charge < -0.3 is 9.64 Å². The largest absolute Gasteiger partial charge is 0.493 e. The van der Waals surface area contributed by atoms with Crippen LogP contribution in [0.1, 0.15) is 19.8 Å². The molecule has 1 aliphatic rings. The highest BCUT2D eigenvalue weighted by atomic mass is 35.5. The van der Waals surface area contributed by atoms with Crippen molar-refractivity contribution in [3.63, 3.8) is 0 Å². The van der Waals surface area contributed by atoms with Crippen LogP contribution < -0.4 is 4.74 Å². The van der Waals surface area contributed by atoms with E-state index >= 15 is 0 Å². The molecule has 0 aromatic heterocycles. The Kier molecular flexibility index (Phi) is 4.69. The molecule has 0 spiro atoms. The van der Waals surface area contributed by atoms with E-state index in [1.54, 1.807) is 0 Å². The number of rotatable bonds is 5. The van der Waals surface area contributed by atoms with Crippen LogP contribution in [-0.2, 0) is 0 Å². The molecular formula is C14H20ClNO. The molecule has 0 amide bonds. The number of hydrogen-bond donors (Lipinski definition) is 0. The highest BCUT2D eigenvalue weighted by Crippen LogP contribution is 2.17. The molecule has 1 aromatic carbocycles. The zero-order valence-corrected chi connectivity index (χ0v) is 11.1. The lowest BCUT2D eigenvalue weighted by Crippen LogP contribution is -2.28. The molecule has 2 nitrogen and oxygen atoms in total.